The highest BCUT2D eigenvalue weighted by Crippen LogP contribution is 2.41. The molecular weight excluding hydrogens is 200 g/mol. The van der Waals surface area contributed by atoms with Crippen molar-refractivity contribution in [1.82, 2.24) is 15.1 Å². The molecule has 5 aliphatic heterocycles. The largest absolute Gasteiger partial charge is 0.302 e. The Bertz CT molecular complexity index is 346. The Morgan fingerprint density at radius 1 is 1.12 bits per heavy atom. The fraction of sp³-hybridized carbons (Fsp3) is 0.917. The molecule has 5 heterocycles. The summed E-state index contributed by atoms with van der Waals surface area (Å²) in [4.78, 5) is 10.2. The molecule has 0 saturated carbocycles. The molecule has 4 nitrogen and oxygen atoms in total. The van der Waals surface area contributed by atoms with Crippen LogP contribution in [0.3, 0.4) is 0 Å². The normalized spacial score (nSPS) is 54.4. The number of rotatable bonds is 0. The van der Waals surface area contributed by atoms with Crippen LogP contribution in [0.2, 0.25) is 0 Å². The van der Waals surface area contributed by atoms with Gasteiger partial charge in [0.15, 0.2) is 0 Å². The Balaban J connectivity index is 1.88. The zero-order chi connectivity index (χ0) is 10.8. The number of hydrogen-bond acceptors (Lipinski definition) is 4. The second-order valence-corrected chi connectivity index (χ2v) is 6.22. The maximum absolute atomic E-state index is 4.90. The van der Waals surface area contributed by atoms with E-state index < -0.39 is 0 Å². The third-order valence-corrected chi connectivity index (χ3v) is 4.73. The van der Waals surface area contributed by atoms with Crippen molar-refractivity contribution in [2.45, 2.75) is 12.5 Å². The molecule has 88 valence electrons. The van der Waals surface area contributed by atoms with Gasteiger partial charge in [0.2, 0.25) is 0 Å². The van der Waals surface area contributed by atoms with E-state index in [1.165, 1.54) is 45.0 Å². The molecule has 0 aliphatic carbocycles. The van der Waals surface area contributed by atoms with E-state index in [1.807, 2.05) is 0 Å². The number of aliphatic imine (C=N–C) groups is 1. The lowest BCUT2D eigenvalue weighted by Crippen LogP contribution is -2.76. The van der Waals surface area contributed by atoms with E-state index in [0.29, 0.717) is 5.41 Å². The average molecular weight is 220 g/mol. The molecule has 4 bridgehead atoms. The third-order valence-electron chi connectivity index (χ3n) is 4.73. The molecular formula is C12H20N4. The molecule has 0 amide bonds. The molecule has 0 aromatic carbocycles. The number of piperidine rings is 2. The second-order valence-electron chi connectivity index (χ2n) is 6.22. The molecule has 0 radical (unpaired) electrons. The van der Waals surface area contributed by atoms with E-state index in [4.69, 9.17) is 4.99 Å². The minimum Gasteiger partial charge on any atom is -0.302 e. The monoisotopic (exact) mass is 220 g/mol. The first kappa shape index (κ1) is 9.57. The lowest BCUT2D eigenvalue weighted by atomic mass is 9.67. The molecule has 5 rings (SSSR count). The molecule has 4 fully saturated rings. The number of nitrogens with zero attached hydrogens (tertiary/aromatic N) is 3. The Kier molecular flexibility index (Phi) is 1.71. The van der Waals surface area contributed by atoms with Crippen LogP contribution >= 0.6 is 0 Å². The summed E-state index contributed by atoms with van der Waals surface area (Å²) in [5.41, 5.74) is 1.99. The van der Waals surface area contributed by atoms with Crippen molar-refractivity contribution in [3.63, 3.8) is 0 Å². The van der Waals surface area contributed by atoms with Crippen molar-refractivity contribution in [2.75, 3.05) is 52.4 Å². The van der Waals surface area contributed by atoms with Crippen LogP contribution in [0.5, 0.6) is 0 Å². The van der Waals surface area contributed by atoms with Crippen molar-refractivity contribution in [3.8, 4) is 0 Å². The molecule has 0 aromatic rings. The summed E-state index contributed by atoms with van der Waals surface area (Å²) < 4.78 is 0. The van der Waals surface area contributed by atoms with Crippen molar-refractivity contribution >= 4 is 5.71 Å². The van der Waals surface area contributed by atoms with Crippen LogP contribution < -0.4 is 5.32 Å². The van der Waals surface area contributed by atoms with Gasteiger partial charge in [-0.25, -0.2) is 0 Å². The van der Waals surface area contributed by atoms with Gasteiger partial charge in [-0.15, -0.1) is 0 Å². The highest BCUT2D eigenvalue weighted by Gasteiger charge is 2.57. The zero-order valence-electron chi connectivity index (χ0n) is 10.00. The summed E-state index contributed by atoms with van der Waals surface area (Å²) in [6, 6.07) is 0. The predicted octanol–water partition coefficient (Wildman–Crippen LogP) is -0.579. The van der Waals surface area contributed by atoms with Crippen LogP contribution in [0.15, 0.2) is 4.99 Å². The highest BCUT2D eigenvalue weighted by molar-refractivity contribution is 6.01. The Hall–Kier alpha value is -0.450. The van der Waals surface area contributed by atoms with E-state index in [2.05, 4.69) is 22.0 Å². The summed E-state index contributed by atoms with van der Waals surface area (Å²) in [6.45, 7) is 11.7. The van der Waals surface area contributed by atoms with Gasteiger partial charge in [-0.05, 0) is 0 Å². The topological polar surface area (TPSA) is 30.9 Å². The fourth-order valence-corrected chi connectivity index (χ4v) is 4.44. The number of fused-ring (bicyclic) bond motifs is 1. The summed E-state index contributed by atoms with van der Waals surface area (Å²) in [6.07, 6.45) is 0. The molecule has 0 aromatic heterocycles. The first-order valence-corrected chi connectivity index (χ1v) is 6.45. The number of nitrogens with one attached hydrogen (secondary N) is 1. The molecule has 4 saturated heterocycles. The number of hydrogen-bond donors (Lipinski definition) is 1. The summed E-state index contributed by atoms with van der Waals surface area (Å²) >= 11 is 0. The molecule has 4 heteroatoms. The van der Waals surface area contributed by atoms with Crippen molar-refractivity contribution in [3.05, 3.63) is 0 Å². The molecule has 1 N–H and O–H groups in total. The van der Waals surface area contributed by atoms with Crippen molar-refractivity contribution in [1.29, 1.82) is 0 Å². The van der Waals surface area contributed by atoms with Crippen LogP contribution in [0.1, 0.15) is 6.92 Å². The zero-order valence-corrected chi connectivity index (χ0v) is 10.00. The van der Waals surface area contributed by atoms with E-state index in [-0.39, 0.29) is 5.54 Å². The van der Waals surface area contributed by atoms with Crippen LogP contribution in [-0.2, 0) is 0 Å². The van der Waals surface area contributed by atoms with Gasteiger partial charge in [0.25, 0.3) is 0 Å². The Morgan fingerprint density at radius 2 is 1.81 bits per heavy atom. The minimum atomic E-state index is 0.194. The van der Waals surface area contributed by atoms with Gasteiger partial charge in [-0.3, -0.25) is 14.8 Å². The average Bonchev–Trinajstić information content (AvgIpc) is 2.44. The molecule has 5 aliphatic rings. The minimum absolute atomic E-state index is 0.194. The maximum atomic E-state index is 4.90. The summed E-state index contributed by atoms with van der Waals surface area (Å²) in [7, 11) is 0. The van der Waals surface area contributed by atoms with Gasteiger partial charge in [-0.1, -0.05) is 6.92 Å². The van der Waals surface area contributed by atoms with E-state index >= 15 is 0 Å². The first-order chi connectivity index (χ1) is 7.70. The van der Waals surface area contributed by atoms with Gasteiger partial charge in [0.1, 0.15) is 0 Å². The van der Waals surface area contributed by atoms with Crippen LogP contribution in [0.25, 0.3) is 0 Å². The van der Waals surface area contributed by atoms with Gasteiger partial charge in [0.05, 0.1) is 12.1 Å². The van der Waals surface area contributed by atoms with Gasteiger partial charge in [0, 0.05) is 56.9 Å². The lowest BCUT2D eigenvalue weighted by Gasteiger charge is -2.57. The summed E-state index contributed by atoms with van der Waals surface area (Å²) in [5.74, 6) is 0. The van der Waals surface area contributed by atoms with Gasteiger partial charge in [-0.2, -0.15) is 0 Å². The smallest absolute Gasteiger partial charge is 0.0828 e. The van der Waals surface area contributed by atoms with Crippen LogP contribution in [0.4, 0.5) is 0 Å². The fourth-order valence-electron chi connectivity index (χ4n) is 4.44. The molecule has 16 heavy (non-hydrogen) atoms. The van der Waals surface area contributed by atoms with Crippen LogP contribution in [0, 0.1) is 5.41 Å². The SMILES string of the molecule is CC12CN3CCN(C1)CC1(C3)NCCN=C21. The van der Waals surface area contributed by atoms with Gasteiger partial charge < -0.3 is 5.32 Å². The van der Waals surface area contributed by atoms with Crippen LogP contribution in [-0.4, -0.2) is 73.4 Å². The maximum Gasteiger partial charge on any atom is 0.0828 e. The molecule has 1 spiro atoms. The lowest BCUT2D eigenvalue weighted by molar-refractivity contribution is 0.0919. The summed E-state index contributed by atoms with van der Waals surface area (Å²) in [5, 5.41) is 3.78. The van der Waals surface area contributed by atoms with E-state index in [0.717, 1.165) is 13.1 Å². The van der Waals surface area contributed by atoms with Crippen molar-refractivity contribution < 1.29 is 0 Å². The highest BCUT2D eigenvalue weighted by atomic mass is 15.3. The van der Waals surface area contributed by atoms with Crippen molar-refractivity contribution in [2.24, 2.45) is 10.4 Å². The Labute approximate surface area is 96.7 Å². The quantitative estimate of drug-likeness (QED) is 0.592. The standard InChI is InChI=1S/C12H20N4/c1-11-6-15-4-5-16(7-11)9-12(8-15)10(11)13-2-3-14-12/h14H,2-9H2,1H3. The molecule has 2 atom stereocenters. The molecule has 2 unspecified atom stereocenters. The van der Waals surface area contributed by atoms with Gasteiger partial charge >= 0.3 is 0 Å². The third kappa shape index (κ3) is 1.08. The second kappa shape index (κ2) is 2.86. The first-order valence-electron chi connectivity index (χ1n) is 6.45. The Morgan fingerprint density at radius 3 is 2.50 bits per heavy atom. The van der Waals surface area contributed by atoms with E-state index in [1.54, 1.807) is 0 Å². The predicted molar refractivity (Wildman–Crippen MR) is 64.0 cm³/mol. The van der Waals surface area contributed by atoms with E-state index in [9.17, 15) is 0 Å².